The number of carbonyl (C=O) groups excluding carboxylic acids is 2. The minimum atomic E-state index is -1.10. The van der Waals surface area contributed by atoms with Gasteiger partial charge in [-0.15, -0.1) is 0 Å². The van der Waals surface area contributed by atoms with Crippen LogP contribution >= 0.6 is 0 Å². The maximum atomic E-state index is 11.4. The van der Waals surface area contributed by atoms with Gasteiger partial charge in [-0.3, -0.25) is 0 Å². The molecule has 0 radical (unpaired) electrons. The van der Waals surface area contributed by atoms with Gasteiger partial charge in [-0.25, -0.2) is 4.79 Å². The van der Waals surface area contributed by atoms with Crippen LogP contribution in [-0.2, 0) is 14.3 Å². The molecule has 1 aliphatic carbocycles. The Kier molecular flexibility index (Phi) is 3.50. The fourth-order valence-electron chi connectivity index (χ4n) is 1.46. The number of esters is 1. The van der Waals surface area contributed by atoms with Crippen molar-refractivity contribution in [1.29, 1.82) is 0 Å². The number of ether oxygens (including phenoxy) is 1. The van der Waals surface area contributed by atoms with Crippen molar-refractivity contribution in [3.05, 3.63) is 0 Å². The number of rotatable bonds is 4. The van der Waals surface area contributed by atoms with Gasteiger partial charge < -0.3 is 14.6 Å². The van der Waals surface area contributed by atoms with Gasteiger partial charge in [0.1, 0.15) is 11.9 Å². The van der Waals surface area contributed by atoms with Gasteiger partial charge >= 0.3 is 5.97 Å². The second-order valence-corrected chi connectivity index (χ2v) is 5.08. The Morgan fingerprint density at radius 2 is 2.20 bits per heavy atom. The van der Waals surface area contributed by atoms with Crippen molar-refractivity contribution in [2.45, 2.75) is 45.3 Å². The predicted molar refractivity (Wildman–Crippen MR) is 54.1 cm³/mol. The van der Waals surface area contributed by atoms with E-state index in [1.54, 1.807) is 20.8 Å². The van der Waals surface area contributed by atoms with Crippen molar-refractivity contribution in [2.24, 2.45) is 11.8 Å². The van der Waals surface area contributed by atoms with E-state index >= 15 is 0 Å². The molecule has 4 heteroatoms. The molecule has 1 N–H and O–H groups in total. The lowest BCUT2D eigenvalue weighted by Gasteiger charge is -2.21. The summed E-state index contributed by atoms with van der Waals surface area (Å²) in [6.07, 6.45) is 0.896. The van der Waals surface area contributed by atoms with Crippen molar-refractivity contribution in [2.75, 3.05) is 0 Å². The van der Waals surface area contributed by atoms with Crippen LogP contribution < -0.4 is 0 Å². The van der Waals surface area contributed by atoms with Crippen LogP contribution in [0.25, 0.3) is 0 Å². The van der Waals surface area contributed by atoms with Crippen LogP contribution in [0, 0.1) is 11.8 Å². The van der Waals surface area contributed by atoms with E-state index in [9.17, 15) is 14.7 Å². The lowest BCUT2D eigenvalue weighted by atomic mass is 10.1. The molecule has 1 rings (SSSR count). The maximum Gasteiger partial charge on any atom is 0.335 e. The van der Waals surface area contributed by atoms with Crippen LogP contribution in [0.3, 0.4) is 0 Å². The van der Waals surface area contributed by atoms with Gasteiger partial charge in [0.2, 0.25) is 0 Å². The molecule has 0 heterocycles. The van der Waals surface area contributed by atoms with Gasteiger partial charge in [0.25, 0.3) is 0 Å². The Morgan fingerprint density at radius 1 is 1.60 bits per heavy atom. The lowest BCUT2D eigenvalue weighted by Crippen LogP contribution is -2.32. The van der Waals surface area contributed by atoms with Crippen LogP contribution in [0.4, 0.5) is 0 Å². The molecule has 0 aromatic heterocycles. The van der Waals surface area contributed by atoms with Crippen molar-refractivity contribution in [1.82, 2.24) is 0 Å². The number of hydrogen-bond donors (Lipinski definition) is 1. The zero-order chi connectivity index (χ0) is 11.6. The highest BCUT2D eigenvalue weighted by atomic mass is 16.6. The standard InChI is InChI=1S/C11H18O4/c1-11(2,3)15-10(14)9(13)5-7-4-8(7)6-12/h6-9,13H,4-5H2,1-3H3. The van der Waals surface area contributed by atoms with Crippen molar-refractivity contribution < 1.29 is 19.4 Å². The maximum absolute atomic E-state index is 11.4. The summed E-state index contributed by atoms with van der Waals surface area (Å²) in [6, 6.07) is 0. The van der Waals surface area contributed by atoms with Gasteiger partial charge in [0.15, 0.2) is 6.10 Å². The van der Waals surface area contributed by atoms with E-state index in [1.165, 1.54) is 0 Å². The number of aliphatic hydroxyl groups excluding tert-OH is 1. The fourth-order valence-corrected chi connectivity index (χ4v) is 1.46. The van der Waals surface area contributed by atoms with E-state index in [0.717, 1.165) is 12.7 Å². The summed E-state index contributed by atoms with van der Waals surface area (Å²) in [5.74, 6) is -0.411. The molecule has 4 nitrogen and oxygen atoms in total. The molecule has 0 bridgehead atoms. The topological polar surface area (TPSA) is 63.6 Å². The third-order valence-electron chi connectivity index (χ3n) is 2.36. The van der Waals surface area contributed by atoms with Crippen molar-refractivity contribution in [3.8, 4) is 0 Å². The highest BCUT2D eigenvalue weighted by molar-refractivity contribution is 5.75. The molecule has 0 spiro atoms. The molecule has 86 valence electrons. The zero-order valence-electron chi connectivity index (χ0n) is 9.40. The number of carbonyl (C=O) groups is 2. The third-order valence-corrected chi connectivity index (χ3v) is 2.36. The molecular formula is C11H18O4. The Morgan fingerprint density at radius 3 is 2.60 bits per heavy atom. The summed E-state index contributed by atoms with van der Waals surface area (Å²) in [7, 11) is 0. The molecule has 15 heavy (non-hydrogen) atoms. The first-order valence-electron chi connectivity index (χ1n) is 5.19. The summed E-state index contributed by atoms with van der Waals surface area (Å²) in [5, 5.41) is 9.51. The molecule has 3 unspecified atom stereocenters. The first-order valence-corrected chi connectivity index (χ1v) is 5.19. The minimum absolute atomic E-state index is 0.0297. The molecule has 0 aromatic carbocycles. The summed E-state index contributed by atoms with van der Waals surface area (Å²) >= 11 is 0. The Labute approximate surface area is 89.6 Å². The first-order chi connectivity index (χ1) is 6.83. The normalized spacial score (nSPS) is 26.9. The number of aldehydes is 1. The largest absolute Gasteiger partial charge is 0.458 e. The van der Waals surface area contributed by atoms with Crippen LogP contribution in [0.1, 0.15) is 33.6 Å². The SMILES string of the molecule is CC(C)(C)OC(=O)C(O)CC1CC1C=O. The highest BCUT2D eigenvalue weighted by Crippen LogP contribution is 2.40. The Balaban J connectivity index is 2.31. The molecule has 1 aliphatic rings. The quantitative estimate of drug-likeness (QED) is 0.558. The first kappa shape index (κ1) is 12.2. The summed E-state index contributed by atoms with van der Waals surface area (Å²) in [4.78, 5) is 21.7. The zero-order valence-corrected chi connectivity index (χ0v) is 9.40. The van der Waals surface area contributed by atoms with Crippen molar-refractivity contribution in [3.63, 3.8) is 0 Å². The van der Waals surface area contributed by atoms with Crippen LogP contribution in [0.5, 0.6) is 0 Å². The van der Waals surface area contributed by atoms with E-state index in [4.69, 9.17) is 4.74 Å². The Bertz CT molecular complexity index is 254. The second-order valence-electron chi connectivity index (χ2n) is 5.08. The summed E-state index contributed by atoms with van der Waals surface area (Å²) in [6.45, 7) is 5.26. The van der Waals surface area contributed by atoms with Gasteiger partial charge in [-0.05, 0) is 39.5 Å². The summed E-state index contributed by atoms with van der Waals surface area (Å²) < 4.78 is 5.02. The average molecular weight is 214 g/mol. The average Bonchev–Trinajstić information content (AvgIpc) is 2.80. The molecule has 1 saturated carbocycles. The molecule has 0 saturated heterocycles. The predicted octanol–water partition coefficient (Wildman–Crippen LogP) is 0.914. The van der Waals surface area contributed by atoms with Gasteiger partial charge in [0.05, 0.1) is 0 Å². The van der Waals surface area contributed by atoms with Crippen LogP contribution in [0.2, 0.25) is 0 Å². The fraction of sp³-hybridized carbons (Fsp3) is 0.818. The second kappa shape index (κ2) is 4.31. The van der Waals surface area contributed by atoms with E-state index < -0.39 is 17.7 Å². The van der Waals surface area contributed by atoms with E-state index in [1.807, 2.05) is 0 Å². The van der Waals surface area contributed by atoms with Crippen LogP contribution in [-0.4, -0.2) is 29.1 Å². The van der Waals surface area contributed by atoms with E-state index in [-0.39, 0.29) is 11.8 Å². The lowest BCUT2D eigenvalue weighted by molar-refractivity contribution is -0.165. The molecule has 0 amide bonds. The van der Waals surface area contributed by atoms with Gasteiger partial charge in [-0.2, -0.15) is 0 Å². The number of hydrogen-bond acceptors (Lipinski definition) is 4. The monoisotopic (exact) mass is 214 g/mol. The smallest absolute Gasteiger partial charge is 0.335 e. The third kappa shape index (κ3) is 4.00. The van der Waals surface area contributed by atoms with E-state index in [0.29, 0.717) is 6.42 Å². The number of aliphatic hydroxyl groups is 1. The molecule has 0 aromatic rings. The van der Waals surface area contributed by atoms with Crippen molar-refractivity contribution >= 4 is 12.3 Å². The Hall–Kier alpha value is -0.900. The van der Waals surface area contributed by atoms with E-state index in [2.05, 4.69) is 0 Å². The molecule has 0 aliphatic heterocycles. The molecule has 3 atom stereocenters. The molecule has 1 fully saturated rings. The van der Waals surface area contributed by atoms with Gasteiger partial charge in [-0.1, -0.05) is 0 Å². The summed E-state index contributed by atoms with van der Waals surface area (Å²) in [5.41, 5.74) is -0.578. The molecular weight excluding hydrogens is 196 g/mol. The minimum Gasteiger partial charge on any atom is -0.458 e. The van der Waals surface area contributed by atoms with Crippen LogP contribution in [0.15, 0.2) is 0 Å². The highest BCUT2D eigenvalue weighted by Gasteiger charge is 2.40. The van der Waals surface area contributed by atoms with Gasteiger partial charge in [0, 0.05) is 5.92 Å².